The lowest BCUT2D eigenvalue weighted by molar-refractivity contribution is 0.0951. The Morgan fingerprint density at radius 1 is 1.10 bits per heavy atom. The molecular weight excluding hydrogens is 400 g/mol. The minimum atomic E-state index is -0.943. The molecular formula is C24H21F2N3O2. The first kappa shape index (κ1) is 20.5. The number of nitrogens with zero attached hydrogens (tertiary/aromatic N) is 2. The Bertz CT molecular complexity index is 1250. The van der Waals surface area contributed by atoms with E-state index < -0.39 is 11.6 Å². The summed E-state index contributed by atoms with van der Waals surface area (Å²) in [5, 5.41) is 3.59. The maximum absolute atomic E-state index is 13.5. The molecule has 0 bridgehead atoms. The van der Waals surface area contributed by atoms with E-state index in [2.05, 4.69) is 10.3 Å². The van der Waals surface area contributed by atoms with Crippen molar-refractivity contribution in [3.63, 3.8) is 0 Å². The first-order valence-electron chi connectivity index (χ1n) is 9.77. The van der Waals surface area contributed by atoms with Gasteiger partial charge in [-0.3, -0.25) is 9.78 Å². The molecule has 158 valence electrons. The van der Waals surface area contributed by atoms with Gasteiger partial charge >= 0.3 is 0 Å². The Labute approximate surface area is 178 Å². The fraction of sp³-hybridized carbons (Fsp3) is 0.167. The molecule has 31 heavy (non-hydrogen) atoms. The number of fused-ring (bicyclic) bond motifs is 1. The number of ether oxygens (including phenoxy) is 1. The third-order valence-electron chi connectivity index (χ3n) is 5.24. The molecule has 1 N–H and O–H groups in total. The highest BCUT2D eigenvalue weighted by atomic mass is 19.2. The zero-order valence-corrected chi connectivity index (χ0v) is 17.2. The first-order valence-corrected chi connectivity index (χ1v) is 9.77. The maximum atomic E-state index is 13.5. The number of amides is 1. The van der Waals surface area contributed by atoms with E-state index in [1.54, 1.807) is 19.4 Å². The Balaban J connectivity index is 1.70. The lowest BCUT2D eigenvalue weighted by Gasteiger charge is -2.09. The van der Waals surface area contributed by atoms with Gasteiger partial charge in [0.1, 0.15) is 5.75 Å². The van der Waals surface area contributed by atoms with Crippen LogP contribution in [0.15, 0.2) is 60.8 Å². The molecule has 0 atom stereocenters. The summed E-state index contributed by atoms with van der Waals surface area (Å²) in [6.45, 7) is 2.45. The van der Waals surface area contributed by atoms with E-state index in [1.807, 2.05) is 41.8 Å². The van der Waals surface area contributed by atoms with Crippen molar-refractivity contribution in [2.75, 3.05) is 7.11 Å². The van der Waals surface area contributed by atoms with Crippen LogP contribution in [0.25, 0.3) is 10.9 Å². The molecule has 0 fully saturated rings. The molecule has 4 aromatic rings. The first-order chi connectivity index (χ1) is 15.0. The number of halogens is 2. The number of methoxy groups -OCH3 is 1. The summed E-state index contributed by atoms with van der Waals surface area (Å²) in [7, 11) is 1.59. The third kappa shape index (κ3) is 4.12. The standard InChI is InChI=1S/C24H21F2N3O2/c1-15-23(24(30)28-13-16-6-9-20(25)21(26)11-16)19-8-7-18(31-2)12-22(19)29(15)14-17-5-3-4-10-27-17/h3-12H,13-14H2,1-2H3,(H,28,30). The van der Waals surface area contributed by atoms with Crippen LogP contribution in [0.2, 0.25) is 0 Å². The molecule has 0 saturated heterocycles. The predicted molar refractivity (Wildman–Crippen MR) is 114 cm³/mol. The molecule has 0 unspecified atom stereocenters. The summed E-state index contributed by atoms with van der Waals surface area (Å²) in [5.41, 5.74) is 3.48. The number of benzene rings is 2. The Morgan fingerprint density at radius 3 is 2.65 bits per heavy atom. The van der Waals surface area contributed by atoms with Gasteiger partial charge in [-0.15, -0.1) is 0 Å². The van der Waals surface area contributed by atoms with Crippen LogP contribution in [0.5, 0.6) is 5.75 Å². The summed E-state index contributed by atoms with van der Waals surface area (Å²) in [5.74, 6) is -1.47. The number of aromatic nitrogens is 2. The number of hydrogen-bond donors (Lipinski definition) is 1. The quantitative estimate of drug-likeness (QED) is 0.495. The average Bonchev–Trinajstić information content (AvgIpc) is 3.05. The molecule has 0 spiro atoms. The monoisotopic (exact) mass is 421 g/mol. The minimum absolute atomic E-state index is 0.0819. The largest absolute Gasteiger partial charge is 0.497 e. The van der Waals surface area contributed by atoms with Crippen molar-refractivity contribution < 1.29 is 18.3 Å². The molecule has 4 rings (SSSR count). The van der Waals surface area contributed by atoms with Gasteiger partial charge in [0, 0.05) is 29.9 Å². The second-order valence-electron chi connectivity index (χ2n) is 7.18. The molecule has 0 radical (unpaired) electrons. The molecule has 0 aliphatic carbocycles. The van der Waals surface area contributed by atoms with Gasteiger partial charge in [0.2, 0.25) is 0 Å². The molecule has 2 aromatic carbocycles. The summed E-state index contributed by atoms with van der Waals surface area (Å²) in [6.07, 6.45) is 1.73. The van der Waals surface area contributed by atoms with Crippen LogP contribution in [-0.2, 0) is 13.1 Å². The highest BCUT2D eigenvalue weighted by molar-refractivity contribution is 6.08. The van der Waals surface area contributed by atoms with Crippen molar-refractivity contribution >= 4 is 16.8 Å². The van der Waals surface area contributed by atoms with Crippen LogP contribution in [-0.4, -0.2) is 22.6 Å². The van der Waals surface area contributed by atoms with Gasteiger partial charge in [-0.05, 0) is 48.9 Å². The van der Waals surface area contributed by atoms with Crippen LogP contribution in [0.3, 0.4) is 0 Å². The minimum Gasteiger partial charge on any atom is -0.497 e. The van der Waals surface area contributed by atoms with Crippen molar-refractivity contribution in [2.24, 2.45) is 0 Å². The van der Waals surface area contributed by atoms with Crippen LogP contribution in [0, 0.1) is 18.6 Å². The van der Waals surface area contributed by atoms with Crippen molar-refractivity contribution in [2.45, 2.75) is 20.0 Å². The third-order valence-corrected chi connectivity index (χ3v) is 5.24. The number of rotatable bonds is 6. The molecule has 0 aliphatic heterocycles. The van der Waals surface area contributed by atoms with E-state index in [1.165, 1.54) is 6.07 Å². The second kappa shape index (κ2) is 8.55. The molecule has 0 aliphatic rings. The number of hydrogen-bond acceptors (Lipinski definition) is 3. The van der Waals surface area contributed by atoms with E-state index in [4.69, 9.17) is 4.74 Å². The number of nitrogens with one attached hydrogen (secondary N) is 1. The zero-order valence-electron chi connectivity index (χ0n) is 17.2. The Morgan fingerprint density at radius 2 is 1.94 bits per heavy atom. The molecule has 0 saturated carbocycles. The van der Waals surface area contributed by atoms with E-state index in [9.17, 15) is 13.6 Å². The predicted octanol–water partition coefficient (Wildman–Crippen LogP) is 4.61. The van der Waals surface area contributed by atoms with Gasteiger partial charge in [-0.25, -0.2) is 8.78 Å². The van der Waals surface area contributed by atoms with Crippen molar-refractivity contribution in [1.82, 2.24) is 14.9 Å². The lowest BCUT2D eigenvalue weighted by Crippen LogP contribution is -2.23. The van der Waals surface area contributed by atoms with Gasteiger partial charge in [0.15, 0.2) is 11.6 Å². The SMILES string of the molecule is COc1ccc2c(C(=O)NCc3ccc(F)c(F)c3)c(C)n(Cc3ccccn3)c2c1. The Kier molecular flexibility index (Phi) is 5.66. The average molecular weight is 421 g/mol. The number of carbonyl (C=O) groups excluding carboxylic acids is 1. The molecule has 1 amide bonds. The maximum Gasteiger partial charge on any atom is 0.254 e. The van der Waals surface area contributed by atoms with E-state index in [0.717, 1.165) is 34.4 Å². The van der Waals surface area contributed by atoms with Crippen molar-refractivity contribution in [3.05, 3.63) is 94.9 Å². The summed E-state index contributed by atoms with van der Waals surface area (Å²) in [4.78, 5) is 17.5. The number of pyridine rings is 1. The van der Waals surface area contributed by atoms with Gasteiger partial charge in [0.05, 0.1) is 30.4 Å². The van der Waals surface area contributed by atoms with Crippen LogP contribution in [0.4, 0.5) is 8.78 Å². The molecule has 2 heterocycles. The van der Waals surface area contributed by atoms with Crippen molar-refractivity contribution in [3.8, 4) is 5.75 Å². The normalized spacial score (nSPS) is 11.0. The molecule has 2 aromatic heterocycles. The summed E-state index contributed by atoms with van der Waals surface area (Å²) < 4.78 is 34.0. The van der Waals surface area contributed by atoms with Gasteiger partial charge in [0.25, 0.3) is 5.91 Å². The highest BCUT2D eigenvalue weighted by Crippen LogP contribution is 2.30. The van der Waals surface area contributed by atoms with Gasteiger partial charge in [-0.1, -0.05) is 12.1 Å². The molecule has 7 heteroatoms. The fourth-order valence-electron chi connectivity index (χ4n) is 3.65. The van der Waals surface area contributed by atoms with Gasteiger partial charge < -0.3 is 14.6 Å². The number of carbonyl (C=O) groups is 1. The topological polar surface area (TPSA) is 56.1 Å². The Hall–Kier alpha value is -3.74. The lowest BCUT2D eigenvalue weighted by atomic mass is 10.1. The van der Waals surface area contributed by atoms with Gasteiger partial charge in [-0.2, -0.15) is 0 Å². The van der Waals surface area contributed by atoms with E-state index in [0.29, 0.717) is 23.4 Å². The molecule has 5 nitrogen and oxygen atoms in total. The van der Waals surface area contributed by atoms with E-state index >= 15 is 0 Å². The second-order valence-corrected chi connectivity index (χ2v) is 7.18. The van der Waals surface area contributed by atoms with E-state index in [-0.39, 0.29) is 12.5 Å². The zero-order chi connectivity index (χ0) is 22.0. The van der Waals surface area contributed by atoms with Crippen LogP contribution >= 0.6 is 0 Å². The smallest absolute Gasteiger partial charge is 0.254 e. The summed E-state index contributed by atoms with van der Waals surface area (Å²) in [6, 6.07) is 14.8. The van der Waals surface area contributed by atoms with Crippen LogP contribution in [0.1, 0.15) is 27.3 Å². The van der Waals surface area contributed by atoms with Crippen LogP contribution < -0.4 is 10.1 Å². The highest BCUT2D eigenvalue weighted by Gasteiger charge is 2.21. The summed E-state index contributed by atoms with van der Waals surface area (Å²) >= 11 is 0. The van der Waals surface area contributed by atoms with Crippen molar-refractivity contribution in [1.29, 1.82) is 0 Å². The fourth-order valence-corrected chi connectivity index (χ4v) is 3.65.